The highest BCUT2D eigenvalue weighted by molar-refractivity contribution is 4.98. The average Bonchev–Trinajstić information content (AvgIpc) is 2.17. The van der Waals surface area contributed by atoms with Crippen LogP contribution < -0.4 is 0 Å². The fourth-order valence-corrected chi connectivity index (χ4v) is 2.42. The molecular weight excluding hydrogens is 142 g/mol. The lowest BCUT2D eigenvalue weighted by Crippen LogP contribution is -2.44. The van der Waals surface area contributed by atoms with Gasteiger partial charge in [-0.2, -0.15) is 0 Å². The predicted octanol–water partition coefficient (Wildman–Crippen LogP) is -0.425. The van der Waals surface area contributed by atoms with E-state index in [-0.39, 0.29) is 18.2 Å². The topological polar surface area (TPSA) is 43.7 Å². The van der Waals surface area contributed by atoms with Gasteiger partial charge in [0, 0.05) is 12.1 Å². The van der Waals surface area contributed by atoms with Crippen molar-refractivity contribution in [3.8, 4) is 0 Å². The smallest absolute Gasteiger partial charge is 0.0711 e. The molecule has 0 aromatic rings. The van der Waals surface area contributed by atoms with Crippen LogP contribution in [0.15, 0.2) is 0 Å². The van der Waals surface area contributed by atoms with Gasteiger partial charge in [-0.25, -0.2) is 0 Å². The molecule has 3 heteroatoms. The van der Waals surface area contributed by atoms with Crippen molar-refractivity contribution in [2.75, 3.05) is 7.05 Å². The number of rotatable bonds is 0. The van der Waals surface area contributed by atoms with Crippen LogP contribution in [0.5, 0.6) is 0 Å². The minimum Gasteiger partial charge on any atom is -0.393 e. The van der Waals surface area contributed by atoms with Gasteiger partial charge in [0.25, 0.3) is 0 Å². The van der Waals surface area contributed by atoms with Crippen LogP contribution in [0.4, 0.5) is 0 Å². The molecule has 0 amide bonds. The number of likely N-dealkylation sites (N-methyl/N-ethyl adjacent to an activating group) is 1. The first kappa shape index (κ1) is 7.53. The van der Waals surface area contributed by atoms with E-state index in [1.807, 2.05) is 7.05 Å². The van der Waals surface area contributed by atoms with E-state index in [4.69, 9.17) is 0 Å². The van der Waals surface area contributed by atoms with Crippen molar-refractivity contribution in [3.05, 3.63) is 0 Å². The molecule has 2 heterocycles. The van der Waals surface area contributed by atoms with Crippen LogP contribution in [0.2, 0.25) is 0 Å². The lowest BCUT2D eigenvalue weighted by molar-refractivity contribution is 0.0282. The Hall–Kier alpha value is -0.120. The maximum absolute atomic E-state index is 9.53. The van der Waals surface area contributed by atoms with E-state index in [1.165, 1.54) is 0 Å². The van der Waals surface area contributed by atoms with Crippen molar-refractivity contribution in [3.63, 3.8) is 0 Å². The van der Waals surface area contributed by atoms with E-state index >= 15 is 0 Å². The Morgan fingerprint density at radius 3 is 2.55 bits per heavy atom. The maximum atomic E-state index is 9.53. The summed E-state index contributed by atoms with van der Waals surface area (Å²) >= 11 is 0. The Kier molecular flexibility index (Phi) is 1.67. The van der Waals surface area contributed by atoms with Gasteiger partial charge < -0.3 is 10.2 Å². The molecule has 2 fully saturated rings. The van der Waals surface area contributed by atoms with E-state index in [9.17, 15) is 10.2 Å². The first-order chi connectivity index (χ1) is 5.18. The first-order valence-electron chi connectivity index (χ1n) is 4.26. The zero-order valence-corrected chi connectivity index (χ0v) is 6.77. The molecule has 0 radical (unpaired) electrons. The lowest BCUT2D eigenvalue weighted by atomic mass is 10.0. The fraction of sp³-hybridized carbons (Fsp3) is 1.00. The minimum atomic E-state index is -0.206. The van der Waals surface area contributed by atoms with Crippen LogP contribution in [0.25, 0.3) is 0 Å². The predicted molar refractivity (Wildman–Crippen MR) is 41.2 cm³/mol. The number of hydrogen-bond donors (Lipinski definition) is 2. The maximum Gasteiger partial charge on any atom is 0.0711 e. The third kappa shape index (κ3) is 1.08. The minimum absolute atomic E-state index is 0.182. The Labute approximate surface area is 66.6 Å². The molecule has 2 rings (SSSR count). The van der Waals surface area contributed by atoms with E-state index in [0.717, 1.165) is 19.3 Å². The van der Waals surface area contributed by atoms with Crippen molar-refractivity contribution < 1.29 is 10.2 Å². The highest BCUT2D eigenvalue weighted by Gasteiger charge is 2.43. The molecule has 4 atom stereocenters. The summed E-state index contributed by atoms with van der Waals surface area (Å²) in [4.78, 5) is 2.21. The third-order valence-electron chi connectivity index (χ3n) is 3.11. The first-order valence-corrected chi connectivity index (χ1v) is 4.26. The lowest BCUT2D eigenvalue weighted by Gasteiger charge is -2.34. The number of nitrogens with zero attached hydrogens (tertiary/aromatic N) is 1. The highest BCUT2D eigenvalue weighted by Crippen LogP contribution is 2.34. The second-order valence-corrected chi connectivity index (χ2v) is 3.81. The monoisotopic (exact) mass is 157 g/mol. The third-order valence-corrected chi connectivity index (χ3v) is 3.11. The van der Waals surface area contributed by atoms with Gasteiger partial charge in [0.1, 0.15) is 0 Å². The summed E-state index contributed by atoms with van der Waals surface area (Å²) in [7, 11) is 2.04. The summed E-state index contributed by atoms with van der Waals surface area (Å²) < 4.78 is 0. The summed E-state index contributed by atoms with van der Waals surface area (Å²) in [6.07, 6.45) is 2.04. The summed E-state index contributed by atoms with van der Waals surface area (Å²) in [6, 6.07) is 0.627. The molecule has 2 bridgehead atoms. The van der Waals surface area contributed by atoms with Crippen LogP contribution in [0.3, 0.4) is 0 Å². The molecule has 0 aromatic heterocycles. The summed E-state index contributed by atoms with van der Waals surface area (Å²) in [5, 5.41) is 18.9. The molecule has 1 unspecified atom stereocenters. The molecule has 11 heavy (non-hydrogen) atoms. The van der Waals surface area contributed by atoms with Gasteiger partial charge in [0.05, 0.1) is 12.2 Å². The van der Waals surface area contributed by atoms with Crippen LogP contribution in [0.1, 0.15) is 19.3 Å². The summed E-state index contributed by atoms with van der Waals surface area (Å²) in [5.74, 6) is 0. The highest BCUT2D eigenvalue weighted by atomic mass is 16.3. The number of piperidine rings is 1. The molecule has 64 valence electrons. The molecule has 2 saturated heterocycles. The second-order valence-electron chi connectivity index (χ2n) is 3.81. The Morgan fingerprint density at radius 2 is 1.91 bits per heavy atom. The normalized spacial score (nSPS) is 51.5. The molecular formula is C8H15NO2. The van der Waals surface area contributed by atoms with Crippen LogP contribution in [-0.2, 0) is 0 Å². The second kappa shape index (κ2) is 2.44. The standard InChI is InChI=1S/C8H15NO2/c1-9-5-2-6(10)4-7(9)8(11)3-5/h5-8,10-11H,2-4H2,1H3/t5?,6-,7-,8+/m0/s1. The van der Waals surface area contributed by atoms with Gasteiger partial charge in [0.15, 0.2) is 0 Å². The molecule has 2 aliphatic rings. The molecule has 0 aliphatic carbocycles. The Morgan fingerprint density at radius 1 is 1.18 bits per heavy atom. The number of hydrogen-bond acceptors (Lipinski definition) is 3. The van der Waals surface area contributed by atoms with Crippen LogP contribution in [0, 0.1) is 0 Å². The van der Waals surface area contributed by atoms with E-state index in [0.29, 0.717) is 6.04 Å². The number of fused-ring (bicyclic) bond motifs is 2. The van der Waals surface area contributed by atoms with Crippen molar-refractivity contribution in [1.29, 1.82) is 0 Å². The van der Waals surface area contributed by atoms with E-state index in [2.05, 4.69) is 4.90 Å². The summed E-state index contributed by atoms with van der Waals surface area (Å²) in [6.45, 7) is 0. The van der Waals surface area contributed by atoms with Crippen molar-refractivity contribution >= 4 is 0 Å². The van der Waals surface area contributed by atoms with Gasteiger partial charge in [-0.15, -0.1) is 0 Å². The molecule has 2 aliphatic heterocycles. The zero-order chi connectivity index (χ0) is 8.01. The van der Waals surface area contributed by atoms with Gasteiger partial charge in [-0.3, -0.25) is 4.90 Å². The van der Waals surface area contributed by atoms with E-state index in [1.54, 1.807) is 0 Å². The van der Waals surface area contributed by atoms with Crippen molar-refractivity contribution in [1.82, 2.24) is 4.90 Å². The molecule has 2 N–H and O–H groups in total. The molecule has 0 spiro atoms. The average molecular weight is 157 g/mol. The van der Waals surface area contributed by atoms with Crippen LogP contribution in [-0.4, -0.2) is 46.5 Å². The zero-order valence-electron chi connectivity index (χ0n) is 6.77. The van der Waals surface area contributed by atoms with Gasteiger partial charge >= 0.3 is 0 Å². The van der Waals surface area contributed by atoms with Crippen molar-refractivity contribution in [2.24, 2.45) is 0 Å². The van der Waals surface area contributed by atoms with Gasteiger partial charge in [0.2, 0.25) is 0 Å². The molecule has 0 saturated carbocycles. The molecule has 3 nitrogen and oxygen atoms in total. The summed E-state index contributed by atoms with van der Waals surface area (Å²) in [5.41, 5.74) is 0. The van der Waals surface area contributed by atoms with Gasteiger partial charge in [-0.1, -0.05) is 0 Å². The van der Waals surface area contributed by atoms with Crippen molar-refractivity contribution in [2.45, 2.75) is 43.6 Å². The largest absolute Gasteiger partial charge is 0.393 e. The van der Waals surface area contributed by atoms with Crippen LogP contribution >= 0.6 is 0 Å². The Balaban J connectivity index is 2.14. The molecule has 0 aromatic carbocycles. The fourth-order valence-electron chi connectivity index (χ4n) is 2.42. The number of aliphatic hydroxyl groups excluding tert-OH is 2. The SMILES string of the molecule is CN1C2C[C@H](O)C[C@H]1[C@H](O)C2. The Bertz CT molecular complexity index is 160. The van der Waals surface area contributed by atoms with Gasteiger partial charge in [-0.05, 0) is 26.3 Å². The quantitative estimate of drug-likeness (QED) is 0.501. The number of aliphatic hydroxyl groups is 2. The van der Waals surface area contributed by atoms with E-state index < -0.39 is 0 Å².